The normalized spacial score (nSPS) is 15.2. The quantitative estimate of drug-likeness (QED) is 0.567. The minimum absolute atomic E-state index is 0.0532. The number of rotatable bonds is 8. The maximum absolute atomic E-state index is 13.5. The molecule has 166 valence electrons. The predicted octanol–water partition coefficient (Wildman–Crippen LogP) is 3.85. The van der Waals surface area contributed by atoms with E-state index in [4.69, 9.17) is 4.74 Å². The van der Waals surface area contributed by atoms with E-state index in [1.807, 2.05) is 88.8 Å². The Morgan fingerprint density at radius 1 is 1.06 bits per heavy atom. The first-order chi connectivity index (χ1) is 15.7. The fourth-order valence-corrected chi connectivity index (χ4v) is 4.47. The molecular formula is C25H27N3O3S. The van der Waals surface area contributed by atoms with Crippen molar-refractivity contribution in [3.63, 3.8) is 0 Å². The van der Waals surface area contributed by atoms with Gasteiger partial charge in [0.2, 0.25) is 11.8 Å². The monoisotopic (exact) mass is 449 g/mol. The lowest BCUT2D eigenvalue weighted by molar-refractivity contribution is -0.124. The fraction of sp³-hybridized carbons (Fsp3) is 0.280. The minimum atomic E-state index is -0.218. The van der Waals surface area contributed by atoms with Crippen LogP contribution in [0.2, 0.25) is 0 Å². The van der Waals surface area contributed by atoms with Crippen LogP contribution in [0.4, 0.5) is 5.69 Å². The van der Waals surface area contributed by atoms with Crippen molar-refractivity contribution < 1.29 is 14.3 Å². The second-order valence-electron chi connectivity index (χ2n) is 7.63. The first kappa shape index (κ1) is 22.0. The van der Waals surface area contributed by atoms with Crippen molar-refractivity contribution in [2.24, 2.45) is 0 Å². The third-order valence-electron chi connectivity index (χ3n) is 5.50. The molecule has 4 rings (SSSR count). The van der Waals surface area contributed by atoms with E-state index in [1.54, 1.807) is 11.3 Å². The molecule has 1 aliphatic rings. The lowest BCUT2D eigenvalue weighted by Crippen LogP contribution is -2.47. The summed E-state index contributed by atoms with van der Waals surface area (Å²) in [6.07, 6.45) is 0. The molecule has 1 aliphatic heterocycles. The Morgan fingerprint density at radius 2 is 1.84 bits per heavy atom. The third kappa shape index (κ3) is 5.18. The Kier molecular flexibility index (Phi) is 7.19. The Balaban J connectivity index is 1.47. The van der Waals surface area contributed by atoms with Gasteiger partial charge in [-0.1, -0.05) is 55.5 Å². The number of para-hydroxylation sites is 2. The topological polar surface area (TPSA) is 61.9 Å². The van der Waals surface area contributed by atoms with E-state index in [-0.39, 0.29) is 30.9 Å². The number of likely N-dealkylation sites (N-methyl/N-ethyl adjacent to an activating group) is 1. The maximum Gasteiger partial charge on any atom is 0.241 e. The number of anilines is 1. The molecule has 1 N–H and O–H groups in total. The molecule has 1 aromatic heterocycles. The second kappa shape index (κ2) is 10.4. The van der Waals surface area contributed by atoms with Gasteiger partial charge in [-0.15, -0.1) is 11.3 Å². The highest BCUT2D eigenvalue weighted by Crippen LogP contribution is 2.39. The smallest absolute Gasteiger partial charge is 0.241 e. The Labute approximate surface area is 192 Å². The van der Waals surface area contributed by atoms with Crippen LogP contribution in [-0.2, 0) is 16.1 Å². The van der Waals surface area contributed by atoms with Gasteiger partial charge in [-0.25, -0.2) is 0 Å². The summed E-state index contributed by atoms with van der Waals surface area (Å²) in [5.41, 5.74) is 1.78. The van der Waals surface area contributed by atoms with E-state index in [9.17, 15) is 9.59 Å². The van der Waals surface area contributed by atoms with Crippen molar-refractivity contribution in [1.29, 1.82) is 0 Å². The van der Waals surface area contributed by atoms with Gasteiger partial charge in [0, 0.05) is 4.88 Å². The average Bonchev–Trinajstić information content (AvgIpc) is 3.36. The summed E-state index contributed by atoms with van der Waals surface area (Å²) in [5.74, 6) is 0.558. The van der Waals surface area contributed by atoms with Crippen molar-refractivity contribution >= 4 is 28.8 Å². The number of hydrogen-bond acceptors (Lipinski definition) is 5. The van der Waals surface area contributed by atoms with E-state index in [1.165, 1.54) is 0 Å². The van der Waals surface area contributed by atoms with Gasteiger partial charge < -0.3 is 10.1 Å². The molecule has 0 saturated carbocycles. The zero-order chi connectivity index (χ0) is 22.3. The zero-order valence-corrected chi connectivity index (χ0v) is 18.9. The highest BCUT2D eigenvalue weighted by molar-refractivity contribution is 7.09. The Morgan fingerprint density at radius 3 is 2.59 bits per heavy atom. The maximum atomic E-state index is 13.5. The van der Waals surface area contributed by atoms with Gasteiger partial charge in [0.15, 0.2) is 0 Å². The predicted molar refractivity (Wildman–Crippen MR) is 127 cm³/mol. The van der Waals surface area contributed by atoms with Crippen LogP contribution in [0.3, 0.4) is 0 Å². The standard InChI is InChI=1S/C25H27N3O3S/c1-2-27(16-24(29)26-15-20-11-8-14-32-20)17-25(30)28-21-12-6-7-13-23(21)31-18-22(28)19-9-4-3-5-10-19/h3-14,22H,2,15-18H2,1H3,(H,26,29). The summed E-state index contributed by atoms with van der Waals surface area (Å²) in [6.45, 7) is 3.78. The molecule has 0 aliphatic carbocycles. The van der Waals surface area contributed by atoms with E-state index in [2.05, 4.69) is 5.32 Å². The van der Waals surface area contributed by atoms with Crippen molar-refractivity contribution in [3.8, 4) is 5.75 Å². The summed E-state index contributed by atoms with van der Waals surface area (Å²) in [7, 11) is 0. The van der Waals surface area contributed by atoms with Crippen molar-refractivity contribution in [3.05, 3.63) is 82.6 Å². The molecule has 1 unspecified atom stereocenters. The van der Waals surface area contributed by atoms with Gasteiger partial charge in [-0.05, 0) is 35.7 Å². The lowest BCUT2D eigenvalue weighted by atomic mass is 10.0. The SMILES string of the molecule is CCN(CC(=O)NCc1cccs1)CC(=O)N1c2ccccc2OCC1c1ccccc1. The third-order valence-corrected chi connectivity index (χ3v) is 6.38. The number of nitrogens with zero attached hydrogens (tertiary/aromatic N) is 2. The molecule has 0 radical (unpaired) electrons. The minimum Gasteiger partial charge on any atom is -0.489 e. The van der Waals surface area contributed by atoms with Crippen molar-refractivity contribution in [2.45, 2.75) is 19.5 Å². The Bertz CT molecular complexity index is 1040. The van der Waals surface area contributed by atoms with Gasteiger partial charge in [0.25, 0.3) is 0 Å². The van der Waals surface area contributed by atoms with Crippen molar-refractivity contribution in [1.82, 2.24) is 10.2 Å². The lowest BCUT2D eigenvalue weighted by Gasteiger charge is -2.38. The molecule has 32 heavy (non-hydrogen) atoms. The van der Waals surface area contributed by atoms with Crippen LogP contribution < -0.4 is 15.0 Å². The molecule has 2 aromatic carbocycles. The van der Waals surface area contributed by atoms with Gasteiger partial charge in [-0.3, -0.25) is 19.4 Å². The summed E-state index contributed by atoms with van der Waals surface area (Å²) in [6, 6.07) is 21.3. The summed E-state index contributed by atoms with van der Waals surface area (Å²) in [4.78, 5) is 30.8. The number of thiophene rings is 1. The molecule has 1 atom stereocenters. The van der Waals surface area contributed by atoms with Crippen LogP contribution >= 0.6 is 11.3 Å². The summed E-state index contributed by atoms with van der Waals surface area (Å²) >= 11 is 1.61. The molecule has 0 spiro atoms. The number of benzene rings is 2. The van der Waals surface area contributed by atoms with Gasteiger partial charge >= 0.3 is 0 Å². The molecule has 6 nitrogen and oxygen atoms in total. The number of ether oxygens (including phenoxy) is 1. The van der Waals surface area contributed by atoms with E-state index >= 15 is 0 Å². The van der Waals surface area contributed by atoms with Crippen LogP contribution in [0.5, 0.6) is 5.75 Å². The van der Waals surface area contributed by atoms with E-state index < -0.39 is 0 Å². The summed E-state index contributed by atoms with van der Waals surface area (Å²) < 4.78 is 5.96. The van der Waals surface area contributed by atoms with Crippen LogP contribution in [-0.4, -0.2) is 43.0 Å². The largest absolute Gasteiger partial charge is 0.489 e. The molecule has 0 saturated heterocycles. The van der Waals surface area contributed by atoms with Crippen LogP contribution in [0, 0.1) is 0 Å². The number of amides is 2. The first-order valence-electron chi connectivity index (χ1n) is 10.8. The molecule has 0 bridgehead atoms. The highest BCUT2D eigenvalue weighted by Gasteiger charge is 2.33. The number of hydrogen-bond donors (Lipinski definition) is 1. The average molecular weight is 450 g/mol. The summed E-state index contributed by atoms with van der Waals surface area (Å²) in [5, 5.41) is 4.93. The first-order valence-corrected chi connectivity index (χ1v) is 11.6. The van der Waals surface area contributed by atoms with Crippen molar-refractivity contribution in [2.75, 3.05) is 31.1 Å². The molecule has 0 fully saturated rings. The van der Waals surface area contributed by atoms with E-state index in [0.29, 0.717) is 25.4 Å². The molecule has 7 heteroatoms. The van der Waals surface area contributed by atoms with Gasteiger partial charge in [0.05, 0.1) is 31.4 Å². The van der Waals surface area contributed by atoms with Crippen LogP contribution in [0.1, 0.15) is 23.4 Å². The number of carbonyl (C=O) groups excluding carboxylic acids is 2. The number of nitrogens with one attached hydrogen (secondary N) is 1. The van der Waals surface area contributed by atoms with E-state index in [0.717, 1.165) is 16.1 Å². The van der Waals surface area contributed by atoms with Crippen LogP contribution in [0.15, 0.2) is 72.1 Å². The highest BCUT2D eigenvalue weighted by atomic mass is 32.1. The van der Waals surface area contributed by atoms with Gasteiger partial charge in [-0.2, -0.15) is 0 Å². The second-order valence-corrected chi connectivity index (χ2v) is 8.66. The molecule has 2 amide bonds. The Hall–Kier alpha value is -3.16. The number of carbonyl (C=O) groups is 2. The molecular weight excluding hydrogens is 422 g/mol. The molecule has 2 heterocycles. The van der Waals surface area contributed by atoms with Gasteiger partial charge in [0.1, 0.15) is 12.4 Å². The fourth-order valence-electron chi connectivity index (χ4n) is 3.82. The van der Waals surface area contributed by atoms with Crippen LogP contribution in [0.25, 0.3) is 0 Å². The molecule has 3 aromatic rings. The number of fused-ring (bicyclic) bond motifs is 1. The zero-order valence-electron chi connectivity index (χ0n) is 18.1.